The fourth-order valence-electron chi connectivity index (χ4n) is 1.56. The molecule has 1 heterocycles. The molecule has 1 aromatic rings. The summed E-state index contributed by atoms with van der Waals surface area (Å²) in [4.78, 5) is 25.9. The summed E-state index contributed by atoms with van der Waals surface area (Å²) in [6.45, 7) is 3.72. The highest BCUT2D eigenvalue weighted by Crippen LogP contribution is 2.27. The summed E-state index contributed by atoms with van der Waals surface area (Å²) in [7, 11) is 0. The highest BCUT2D eigenvalue weighted by Gasteiger charge is 2.19. The SMILES string of the molecule is CCc1c(Br)cnc(OCCNC(C)=O)c1C(=O)O. The number of ether oxygens (including phenoxy) is 1. The predicted octanol–water partition coefficient (Wildman–Crippen LogP) is 1.62. The molecule has 0 aliphatic rings. The molecule has 0 aromatic carbocycles. The van der Waals surface area contributed by atoms with Crippen molar-refractivity contribution >= 4 is 27.8 Å². The lowest BCUT2D eigenvalue weighted by Crippen LogP contribution is -2.26. The number of carboxylic acids is 1. The van der Waals surface area contributed by atoms with Gasteiger partial charge < -0.3 is 15.2 Å². The van der Waals surface area contributed by atoms with E-state index in [2.05, 4.69) is 26.2 Å². The molecule has 2 N–H and O–H groups in total. The molecule has 0 aliphatic heterocycles. The molecule has 1 aromatic heterocycles. The Kier molecular flexibility index (Phi) is 5.75. The Morgan fingerprint density at radius 2 is 2.21 bits per heavy atom. The van der Waals surface area contributed by atoms with Crippen molar-refractivity contribution in [3.05, 3.63) is 21.8 Å². The van der Waals surface area contributed by atoms with Gasteiger partial charge in [0.05, 0.1) is 6.54 Å². The summed E-state index contributed by atoms with van der Waals surface area (Å²) in [5.41, 5.74) is 0.691. The van der Waals surface area contributed by atoms with Crippen LogP contribution in [0.4, 0.5) is 0 Å². The number of carbonyl (C=O) groups is 2. The number of pyridine rings is 1. The van der Waals surface area contributed by atoms with Gasteiger partial charge in [-0.15, -0.1) is 0 Å². The number of carbonyl (C=O) groups excluding carboxylic acids is 1. The number of aromatic carboxylic acids is 1. The van der Waals surface area contributed by atoms with Crippen LogP contribution in [0, 0.1) is 0 Å². The first kappa shape index (κ1) is 15.4. The number of rotatable bonds is 6. The molecule has 0 atom stereocenters. The lowest BCUT2D eigenvalue weighted by molar-refractivity contribution is -0.119. The Morgan fingerprint density at radius 1 is 1.53 bits per heavy atom. The fourth-order valence-corrected chi connectivity index (χ4v) is 2.14. The molecule has 0 saturated heterocycles. The van der Waals surface area contributed by atoms with Gasteiger partial charge in [-0.2, -0.15) is 0 Å². The molecule has 0 unspecified atom stereocenters. The molecule has 1 rings (SSSR count). The third kappa shape index (κ3) is 4.20. The number of amides is 1. The average molecular weight is 331 g/mol. The van der Waals surface area contributed by atoms with Crippen LogP contribution in [0.5, 0.6) is 5.88 Å². The standard InChI is InChI=1S/C12H15BrN2O4/c1-3-8-9(13)6-15-11(10(8)12(17)18)19-5-4-14-7(2)16/h6H,3-5H2,1-2H3,(H,14,16)(H,17,18). The molecule has 104 valence electrons. The van der Waals surface area contributed by atoms with Gasteiger partial charge in [0.2, 0.25) is 11.8 Å². The minimum Gasteiger partial charge on any atom is -0.477 e. The van der Waals surface area contributed by atoms with Crippen molar-refractivity contribution < 1.29 is 19.4 Å². The van der Waals surface area contributed by atoms with Crippen LogP contribution in [0.1, 0.15) is 29.8 Å². The van der Waals surface area contributed by atoms with Crippen LogP contribution in [-0.2, 0) is 11.2 Å². The van der Waals surface area contributed by atoms with Gasteiger partial charge in [-0.05, 0) is 27.9 Å². The molecule has 0 fully saturated rings. The summed E-state index contributed by atoms with van der Waals surface area (Å²) in [6.07, 6.45) is 2.06. The van der Waals surface area contributed by atoms with Crippen molar-refractivity contribution in [3.8, 4) is 5.88 Å². The van der Waals surface area contributed by atoms with Gasteiger partial charge in [0.25, 0.3) is 0 Å². The van der Waals surface area contributed by atoms with E-state index >= 15 is 0 Å². The molecule has 6 nitrogen and oxygen atoms in total. The number of nitrogens with zero attached hydrogens (tertiary/aromatic N) is 1. The van der Waals surface area contributed by atoms with Crippen molar-refractivity contribution in [1.82, 2.24) is 10.3 Å². The Hall–Kier alpha value is -1.63. The summed E-state index contributed by atoms with van der Waals surface area (Å²) in [5, 5.41) is 11.8. The molecule has 0 radical (unpaired) electrons. The second-order valence-corrected chi connectivity index (χ2v) is 4.61. The van der Waals surface area contributed by atoms with E-state index in [-0.39, 0.29) is 24.0 Å². The van der Waals surface area contributed by atoms with Gasteiger partial charge in [-0.25, -0.2) is 9.78 Å². The van der Waals surface area contributed by atoms with Crippen LogP contribution >= 0.6 is 15.9 Å². The van der Waals surface area contributed by atoms with E-state index < -0.39 is 5.97 Å². The Balaban J connectivity index is 2.88. The van der Waals surface area contributed by atoms with Crippen LogP contribution in [0.2, 0.25) is 0 Å². The van der Waals surface area contributed by atoms with Gasteiger partial charge in [-0.3, -0.25) is 4.79 Å². The number of carboxylic acid groups (broad SMARTS) is 1. The summed E-state index contributed by atoms with van der Waals surface area (Å²) >= 11 is 3.27. The van der Waals surface area contributed by atoms with Crippen molar-refractivity contribution in [2.24, 2.45) is 0 Å². The monoisotopic (exact) mass is 330 g/mol. The zero-order valence-corrected chi connectivity index (χ0v) is 12.3. The van der Waals surface area contributed by atoms with E-state index in [1.165, 1.54) is 13.1 Å². The third-order valence-corrected chi connectivity index (χ3v) is 3.06. The number of hydrogen-bond acceptors (Lipinski definition) is 4. The maximum absolute atomic E-state index is 11.3. The third-order valence-electron chi connectivity index (χ3n) is 2.38. The molecule has 0 aliphatic carbocycles. The second-order valence-electron chi connectivity index (χ2n) is 3.75. The molecule has 0 saturated carbocycles. The molecular weight excluding hydrogens is 316 g/mol. The highest BCUT2D eigenvalue weighted by molar-refractivity contribution is 9.10. The summed E-state index contributed by atoms with van der Waals surface area (Å²) in [6, 6.07) is 0. The Labute approximate surface area is 119 Å². The normalized spacial score (nSPS) is 10.1. The smallest absolute Gasteiger partial charge is 0.341 e. The largest absolute Gasteiger partial charge is 0.477 e. The van der Waals surface area contributed by atoms with Crippen LogP contribution in [-0.4, -0.2) is 35.1 Å². The minimum absolute atomic E-state index is 0.0553. The van der Waals surface area contributed by atoms with E-state index in [0.29, 0.717) is 23.0 Å². The van der Waals surface area contributed by atoms with Crippen LogP contribution < -0.4 is 10.1 Å². The van der Waals surface area contributed by atoms with Crippen molar-refractivity contribution in [2.75, 3.05) is 13.2 Å². The van der Waals surface area contributed by atoms with Crippen molar-refractivity contribution in [3.63, 3.8) is 0 Å². The molecule has 1 amide bonds. The number of nitrogens with one attached hydrogen (secondary N) is 1. The molecular formula is C12H15BrN2O4. The van der Waals surface area contributed by atoms with Crippen molar-refractivity contribution in [2.45, 2.75) is 20.3 Å². The quantitative estimate of drug-likeness (QED) is 0.774. The van der Waals surface area contributed by atoms with Crippen molar-refractivity contribution in [1.29, 1.82) is 0 Å². The van der Waals surface area contributed by atoms with Crippen LogP contribution in [0.15, 0.2) is 10.7 Å². The molecule has 0 bridgehead atoms. The lowest BCUT2D eigenvalue weighted by Gasteiger charge is -2.12. The second kappa shape index (κ2) is 7.08. The number of hydrogen-bond donors (Lipinski definition) is 2. The first-order valence-corrected chi connectivity index (χ1v) is 6.54. The number of halogens is 1. The molecule has 19 heavy (non-hydrogen) atoms. The first-order valence-electron chi connectivity index (χ1n) is 5.75. The zero-order chi connectivity index (χ0) is 14.4. The zero-order valence-electron chi connectivity index (χ0n) is 10.7. The van der Waals surface area contributed by atoms with Gasteiger partial charge in [0.1, 0.15) is 12.2 Å². The van der Waals surface area contributed by atoms with E-state index in [9.17, 15) is 14.7 Å². The van der Waals surface area contributed by atoms with Crippen LogP contribution in [0.25, 0.3) is 0 Å². The van der Waals surface area contributed by atoms with E-state index in [0.717, 1.165) is 0 Å². The average Bonchev–Trinajstić information content (AvgIpc) is 2.34. The van der Waals surface area contributed by atoms with E-state index in [1.807, 2.05) is 6.92 Å². The molecule has 7 heteroatoms. The van der Waals surface area contributed by atoms with Gasteiger partial charge in [-0.1, -0.05) is 6.92 Å². The fraction of sp³-hybridized carbons (Fsp3) is 0.417. The van der Waals surface area contributed by atoms with Gasteiger partial charge in [0.15, 0.2) is 0 Å². The Bertz CT molecular complexity index is 491. The number of aromatic nitrogens is 1. The summed E-state index contributed by atoms with van der Waals surface area (Å²) < 4.78 is 5.96. The van der Waals surface area contributed by atoms with E-state index in [1.54, 1.807) is 0 Å². The molecule has 0 spiro atoms. The summed E-state index contributed by atoms with van der Waals surface area (Å²) in [5.74, 6) is -1.18. The van der Waals surface area contributed by atoms with Crippen LogP contribution in [0.3, 0.4) is 0 Å². The highest BCUT2D eigenvalue weighted by atomic mass is 79.9. The minimum atomic E-state index is -1.08. The maximum Gasteiger partial charge on any atom is 0.341 e. The maximum atomic E-state index is 11.3. The Morgan fingerprint density at radius 3 is 2.74 bits per heavy atom. The van der Waals surface area contributed by atoms with E-state index in [4.69, 9.17) is 4.74 Å². The predicted molar refractivity (Wildman–Crippen MR) is 72.5 cm³/mol. The lowest BCUT2D eigenvalue weighted by atomic mass is 10.1. The first-order chi connectivity index (χ1) is 8.97. The van der Waals surface area contributed by atoms with Gasteiger partial charge in [0, 0.05) is 17.6 Å². The van der Waals surface area contributed by atoms with Gasteiger partial charge >= 0.3 is 5.97 Å². The topological polar surface area (TPSA) is 88.5 Å².